The van der Waals surface area contributed by atoms with Crippen molar-refractivity contribution >= 4 is 57.6 Å². The van der Waals surface area contributed by atoms with Crippen LogP contribution < -0.4 is 4.90 Å². The molecule has 0 radical (unpaired) electrons. The summed E-state index contributed by atoms with van der Waals surface area (Å²) >= 11 is 12.9. The monoisotopic (exact) mass is 411 g/mol. The van der Waals surface area contributed by atoms with Crippen LogP contribution >= 0.6 is 35.6 Å². The molecule has 0 N–H and O–H groups in total. The van der Waals surface area contributed by atoms with Crippen LogP contribution in [0.15, 0.2) is 70.0 Å². The maximum Gasteiger partial charge on any atom is 0.270 e. The van der Waals surface area contributed by atoms with Gasteiger partial charge in [-0.15, -0.1) is 0 Å². The lowest BCUT2D eigenvalue weighted by Gasteiger charge is -2.14. The van der Waals surface area contributed by atoms with Gasteiger partial charge in [0.1, 0.15) is 11.5 Å². The summed E-state index contributed by atoms with van der Waals surface area (Å²) in [6.45, 7) is 1.98. The Balaban J connectivity index is 1.63. The van der Waals surface area contributed by atoms with Crippen molar-refractivity contribution in [2.75, 3.05) is 4.90 Å². The molecule has 1 aliphatic heterocycles. The van der Waals surface area contributed by atoms with E-state index >= 15 is 0 Å². The molecule has 1 fully saturated rings. The lowest BCUT2D eigenvalue weighted by Crippen LogP contribution is -2.27. The molecule has 0 saturated carbocycles. The van der Waals surface area contributed by atoms with E-state index in [9.17, 15) is 4.79 Å². The summed E-state index contributed by atoms with van der Waals surface area (Å²) in [6, 6.07) is 18.8. The van der Waals surface area contributed by atoms with E-state index < -0.39 is 0 Å². The van der Waals surface area contributed by atoms with Crippen LogP contribution in [0.5, 0.6) is 0 Å². The number of nitrogens with zero attached hydrogens (tertiary/aromatic N) is 1. The fourth-order valence-electron chi connectivity index (χ4n) is 2.82. The van der Waals surface area contributed by atoms with E-state index in [1.165, 1.54) is 11.8 Å². The SMILES string of the molecule is Cc1cccc(N2C(=O)C(=Cc3ccc(-c4ccccc4Cl)o3)SC2=S)c1. The van der Waals surface area contributed by atoms with Crippen LogP contribution in [0, 0.1) is 6.92 Å². The molecule has 1 aromatic heterocycles. The van der Waals surface area contributed by atoms with Crippen molar-refractivity contribution < 1.29 is 9.21 Å². The summed E-state index contributed by atoms with van der Waals surface area (Å²) in [7, 11) is 0. The van der Waals surface area contributed by atoms with Gasteiger partial charge in [0.15, 0.2) is 4.32 Å². The molecular formula is C21H14ClNO2S2. The summed E-state index contributed by atoms with van der Waals surface area (Å²) in [5.41, 5.74) is 2.66. The van der Waals surface area contributed by atoms with Gasteiger partial charge >= 0.3 is 0 Å². The minimum absolute atomic E-state index is 0.147. The number of hydrogen-bond donors (Lipinski definition) is 0. The average Bonchev–Trinajstić information content (AvgIpc) is 3.20. The number of halogens is 1. The van der Waals surface area contributed by atoms with E-state index in [4.69, 9.17) is 28.2 Å². The van der Waals surface area contributed by atoms with Crippen molar-refractivity contribution in [3.63, 3.8) is 0 Å². The van der Waals surface area contributed by atoms with Gasteiger partial charge in [-0.25, -0.2) is 0 Å². The molecule has 134 valence electrons. The molecule has 2 aromatic carbocycles. The normalized spacial score (nSPS) is 15.8. The van der Waals surface area contributed by atoms with Gasteiger partial charge in [0.25, 0.3) is 5.91 Å². The molecular weight excluding hydrogens is 398 g/mol. The third-order valence-corrected chi connectivity index (χ3v) is 5.72. The highest BCUT2D eigenvalue weighted by Crippen LogP contribution is 2.37. The summed E-state index contributed by atoms with van der Waals surface area (Å²) in [6.07, 6.45) is 1.72. The van der Waals surface area contributed by atoms with Crippen molar-refractivity contribution in [2.45, 2.75) is 6.92 Å². The zero-order chi connectivity index (χ0) is 19.0. The molecule has 0 spiro atoms. The molecule has 2 heterocycles. The molecule has 0 bridgehead atoms. The Morgan fingerprint density at radius 1 is 1.11 bits per heavy atom. The first-order chi connectivity index (χ1) is 13.0. The lowest BCUT2D eigenvalue weighted by molar-refractivity contribution is -0.113. The summed E-state index contributed by atoms with van der Waals surface area (Å²) in [4.78, 5) is 14.9. The zero-order valence-corrected chi connectivity index (χ0v) is 16.7. The lowest BCUT2D eigenvalue weighted by atomic mass is 10.2. The van der Waals surface area contributed by atoms with E-state index in [1.807, 2.05) is 67.6 Å². The van der Waals surface area contributed by atoms with Gasteiger partial charge in [0.05, 0.1) is 15.6 Å². The first kappa shape index (κ1) is 18.0. The first-order valence-corrected chi connectivity index (χ1v) is 9.82. The van der Waals surface area contributed by atoms with Crippen LogP contribution in [-0.2, 0) is 4.79 Å². The van der Waals surface area contributed by atoms with Crippen molar-refractivity contribution in [2.24, 2.45) is 0 Å². The quantitative estimate of drug-likeness (QED) is 0.373. The van der Waals surface area contributed by atoms with Crippen LogP contribution in [0.1, 0.15) is 11.3 Å². The summed E-state index contributed by atoms with van der Waals surface area (Å²) in [5, 5.41) is 0.615. The topological polar surface area (TPSA) is 33.5 Å². The van der Waals surface area contributed by atoms with E-state index in [0.29, 0.717) is 25.8 Å². The van der Waals surface area contributed by atoms with E-state index in [1.54, 1.807) is 11.0 Å². The predicted octanol–water partition coefficient (Wildman–Crippen LogP) is 6.31. The Morgan fingerprint density at radius 3 is 2.70 bits per heavy atom. The van der Waals surface area contributed by atoms with Crippen molar-refractivity contribution in [1.82, 2.24) is 0 Å². The Hall–Kier alpha value is -2.34. The van der Waals surface area contributed by atoms with Crippen LogP contribution in [0.25, 0.3) is 17.4 Å². The molecule has 3 nitrogen and oxygen atoms in total. The summed E-state index contributed by atoms with van der Waals surface area (Å²) < 4.78 is 6.38. The smallest absolute Gasteiger partial charge is 0.270 e. The largest absolute Gasteiger partial charge is 0.457 e. The molecule has 0 unspecified atom stereocenters. The van der Waals surface area contributed by atoms with Gasteiger partial charge in [0, 0.05) is 11.6 Å². The maximum atomic E-state index is 12.8. The number of amides is 1. The molecule has 6 heteroatoms. The number of carbonyl (C=O) groups excluding carboxylic acids is 1. The molecule has 0 aliphatic carbocycles. The first-order valence-electron chi connectivity index (χ1n) is 8.22. The van der Waals surface area contributed by atoms with Gasteiger partial charge in [-0.2, -0.15) is 0 Å². The standard InChI is InChI=1S/C21H14ClNO2S2/c1-13-5-4-6-14(11-13)23-20(24)19(27-21(23)26)12-15-9-10-18(25-15)16-7-2-3-8-17(16)22/h2-12H,1H3. The third-order valence-electron chi connectivity index (χ3n) is 4.09. The Labute approximate surface area is 171 Å². The predicted molar refractivity (Wildman–Crippen MR) is 116 cm³/mol. The van der Waals surface area contributed by atoms with E-state index in [2.05, 4.69) is 0 Å². The van der Waals surface area contributed by atoms with Crippen LogP contribution in [0.2, 0.25) is 5.02 Å². The van der Waals surface area contributed by atoms with Crippen molar-refractivity contribution in [1.29, 1.82) is 0 Å². The van der Waals surface area contributed by atoms with Gasteiger partial charge in [0.2, 0.25) is 0 Å². The zero-order valence-electron chi connectivity index (χ0n) is 14.3. The van der Waals surface area contributed by atoms with Gasteiger partial charge in [-0.05, 0) is 48.9 Å². The van der Waals surface area contributed by atoms with Gasteiger partial charge in [-0.1, -0.05) is 59.8 Å². The third kappa shape index (κ3) is 3.58. The van der Waals surface area contributed by atoms with Crippen molar-refractivity contribution in [3.8, 4) is 11.3 Å². The highest BCUT2D eigenvalue weighted by molar-refractivity contribution is 8.27. The molecule has 4 rings (SSSR count). The molecule has 1 amide bonds. The fourth-order valence-corrected chi connectivity index (χ4v) is 4.33. The number of furan rings is 1. The number of thioether (sulfide) groups is 1. The van der Waals surface area contributed by atoms with E-state index in [0.717, 1.165) is 16.8 Å². The second-order valence-electron chi connectivity index (χ2n) is 6.04. The second kappa shape index (κ2) is 7.35. The number of benzene rings is 2. The number of carbonyl (C=O) groups is 1. The molecule has 1 saturated heterocycles. The Bertz CT molecular complexity index is 1090. The number of rotatable bonds is 3. The average molecular weight is 412 g/mol. The molecule has 27 heavy (non-hydrogen) atoms. The minimum Gasteiger partial charge on any atom is -0.457 e. The second-order valence-corrected chi connectivity index (χ2v) is 8.12. The Morgan fingerprint density at radius 2 is 1.93 bits per heavy atom. The van der Waals surface area contributed by atoms with E-state index in [-0.39, 0.29) is 5.91 Å². The molecule has 3 aromatic rings. The highest BCUT2D eigenvalue weighted by Gasteiger charge is 2.33. The van der Waals surface area contributed by atoms with Crippen LogP contribution in [0.4, 0.5) is 5.69 Å². The van der Waals surface area contributed by atoms with Gasteiger partial charge in [-0.3, -0.25) is 9.69 Å². The molecule has 1 aliphatic rings. The number of thiocarbonyl (C=S) groups is 1. The minimum atomic E-state index is -0.147. The van der Waals surface area contributed by atoms with Crippen LogP contribution in [0.3, 0.4) is 0 Å². The maximum absolute atomic E-state index is 12.8. The van der Waals surface area contributed by atoms with Crippen LogP contribution in [-0.4, -0.2) is 10.2 Å². The highest BCUT2D eigenvalue weighted by atomic mass is 35.5. The number of aryl methyl sites for hydroxylation is 1. The molecule has 0 atom stereocenters. The van der Waals surface area contributed by atoms with Crippen molar-refractivity contribution in [3.05, 3.63) is 81.9 Å². The summed E-state index contributed by atoms with van der Waals surface area (Å²) in [5.74, 6) is 1.09. The number of hydrogen-bond acceptors (Lipinski definition) is 4. The number of anilines is 1. The Kier molecular flexibility index (Phi) is 4.91. The fraction of sp³-hybridized carbons (Fsp3) is 0.0476. The van der Waals surface area contributed by atoms with Gasteiger partial charge < -0.3 is 4.42 Å².